The van der Waals surface area contributed by atoms with Gasteiger partial charge in [0.15, 0.2) is 6.10 Å². The molecule has 4 heteroatoms. The van der Waals surface area contributed by atoms with Crippen molar-refractivity contribution in [3.05, 3.63) is 29.3 Å². The summed E-state index contributed by atoms with van der Waals surface area (Å²) in [6.07, 6.45) is -0.431. The zero-order chi connectivity index (χ0) is 14.7. The summed E-state index contributed by atoms with van der Waals surface area (Å²) in [6.45, 7) is 9.34. The highest BCUT2D eigenvalue weighted by Gasteiger charge is 2.24. The highest BCUT2D eigenvalue weighted by atomic mass is 16.5. The standard InChI is InChI=1S/C16H24N2O2/c1-12-9-13(2)11-15(10-12)20-14(3)16(19)18-7-5-17(4)6-8-18/h9-11,14H,5-8H2,1-4H3. The molecule has 1 heterocycles. The Labute approximate surface area is 121 Å². The minimum Gasteiger partial charge on any atom is -0.481 e. The molecule has 0 spiro atoms. The first-order chi connectivity index (χ1) is 9.45. The molecule has 110 valence electrons. The molecule has 0 aromatic heterocycles. The number of likely N-dealkylation sites (N-methyl/N-ethyl adjacent to an activating group) is 1. The fraction of sp³-hybridized carbons (Fsp3) is 0.562. The molecular formula is C16H24N2O2. The first-order valence-corrected chi connectivity index (χ1v) is 7.18. The van der Waals surface area contributed by atoms with Crippen molar-refractivity contribution in [2.75, 3.05) is 33.2 Å². The lowest BCUT2D eigenvalue weighted by Crippen LogP contribution is -2.50. The number of ether oxygens (including phenoxy) is 1. The SMILES string of the molecule is Cc1cc(C)cc(OC(C)C(=O)N2CCN(C)CC2)c1. The summed E-state index contributed by atoms with van der Waals surface area (Å²) in [5, 5.41) is 0. The third-order valence-electron chi connectivity index (χ3n) is 3.67. The van der Waals surface area contributed by atoms with Gasteiger partial charge in [0.25, 0.3) is 5.91 Å². The monoisotopic (exact) mass is 276 g/mol. The highest BCUT2D eigenvalue weighted by molar-refractivity contribution is 5.81. The van der Waals surface area contributed by atoms with Crippen molar-refractivity contribution in [2.45, 2.75) is 26.9 Å². The summed E-state index contributed by atoms with van der Waals surface area (Å²) in [5.41, 5.74) is 2.30. The van der Waals surface area contributed by atoms with Crippen molar-refractivity contribution in [2.24, 2.45) is 0 Å². The van der Waals surface area contributed by atoms with Crippen LogP contribution in [0.1, 0.15) is 18.1 Å². The number of amides is 1. The van der Waals surface area contributed by atoms with Crippen LogP contribution < -0.4 is 4.74 Å². The molecule has 0 N–H and O–H groups in total. The summed E-state index contributed by atoms with van der Waals surface area (Å²) >= 11 is 0. The van der Waals surface area contributed by atoms with Gasteiger partial charge in [-0.25, -0.2) is 0 Å². The van der Waals surface area contributed by atoms with E-state index in [0.29, 0.717) is 0 Å². The molecule has 1 aliphatic heterocycles. The molecule has 2 rings (SSSR count). The molecule has 0 aliphatic carbocycles. The van der Waals surface area contributed by atoms with Crippen LogP contribution in [0.4, 0.5) is 0 Å². The number of carbonyl (C=O) groups excluding carboxylic acids is 1. The number of benzene rings is 1. The Kier molecular flexibility index (Phi) is 4.65. The number of hydrogen-bond donors (Lipinski definition) is 0. The first kappa shape index (κ1) is 14.9. The number of nitrogens with zero attached hydrogens (tertiary/aromatic N) is 2. The summed E-state index contributed by atoms with van der Waals surface area (Å²) in [6, 6.07) is 6.04. The molecule has 0 bridgehead atoms. The van der Waals surface area contributed by atoms with Crippen molar-refractivity contribution in [1.82, 2.24) is 9.80 Å². The van der Waals surface area contributed by atoms with E-state index in [1.807, 2.05) is 37.8 Å². The second-order valence-corrected chi connectivity index (χ2v) is 5.71. The maximum Gasteiger partial charge on any atom is 0.263 e. The Hall–Kier alpha value is -1.55. The van der Waals surface area contributed by atoms with E-state index in [2.05, 4.69) is 18.0 Å². The normalized spacial score (nSPS) is 17.9. The van der Waals surface area contributed by atoms with Crippen LogP contribution in [0.3, 0.4) is 0 Å². The molecule has 1 aromatic rings. The minimum absolute atomic E-state index is 0.0808. The summed E-state index contributed by atoms with van der Waals surface area (Å²) in [4.78, 5) is 16.5. The van der Waals surface area contributed by atoms with Crippen molar-refractivity contribution in [3.63, 3.8) is 0 Å². The van der Waals surface area contributed by atoms with Crippen LogP contribution in [-0.2, 0) is 4.79 Å². The first-order valence-electron chi connectivity index (χ1n) is 7.18. The smallest absolute Gasteiger partial charge is 0.263 e. The van der Waals surface area contributed by atoms with Crippen LogP contribution in [0, 0.1) is 13.8 Å². The van der Waals surface area contributed by atoms with Crippen molar-refractivity contribution >= 4 is 5.91 Å². The Morgan fingerprint density at radius 2 is 1.65 bits per heavy atom. The predicted molar refractivity (Wildman–Crippen MR) is 80.1 cm³/mol. The van der Waals surface area contributed by atoms with Gasteiger partial charge in [-0.1, -0.05) is 6.07 Å². The molecule has 20 heavy (non-hydrogen) atoms. The quantitative estimate of drug-likeness (QED) is 0.844. The molecule has 1 amide bonds. The largest absolute Gasteiger partial charge is 0.481 e. The maximum absolute atomic E-state index is 12.4. The summed E-state index contributed by atoms with van der Waals surface area (Å²) < 4.78 is 5.81. The predicted octanol–water partition coefficient (Wildman–Crippen LogP) is 1.84. The Bertz CT molecular complexity index is 459. The van der Waals surface area contributed by atoms with E-state index in [1.54, 1.807) is 0 Å². The average molecular weight is 276 g/mol. The fourth-order valence-electron chi connectivity index (χ4n) is 2.54. The zero-order valence-electron chi connectivity index (χ0n) is 12.8. The lowest BCUT2D eigenvalue weighted by atomic mass is 10.1. The van der Waals surface area contributed by atoms with Gasteiger partial charge in [0.05, 0.1) is 0 Å². The van der Waals surface area contributed by atoms with Crippen LogP contribution in [0.25, 0.3) is 0 Å². The van der Waals surface area contributed by atoms with Gasteiger partial charge in [-0.15, -0.1) is 0 Å². The number of piperazine rings is 1. The third kappa shape index (κ3) is 3.73. The Balaban J connectivity index is 1.97. The average Bonchev–Trinajstić information content (AvgIpc) is 2.37. The minimum atomic E-state index is -0.431. The van der Waals surface area contributed by atoms with E-state index in [-0.39, 0.29) is 5.91 Å². The maximum atomic E-state index is 12.4. The molecule has 1 aromatic carbocycles. The third-order valence-corrected chi connectivity index (χ3v) is 3.67. The Morgan fingerprint density at radius 3 is 2.20 bits per heavy atom. The molecule has 1 aliphatic rings. The molecule has 4 nitrogen and oxygen atoms in total. The van der Waals surface area contributed by atoms with E-state index >= 15 is 0 Å². The van der Waals surface area contributed by atoms with Gasteiger partial charge < -0.3 is 14.5 Å². The van der Waals surface area contributed by atoms with Gasteiger partial charge in [-0.3, -0.25) is 4.79 Å². The second kappa shape index (κ2) is 6.27. The number of aryl methyl sites for hydroxylation is 2. The molecule has 1 saturated heterocycles. The van der Waals surface area contributed by atoms with Crippen LogP contribution in [0.5, 0.6) is 5.75 Å². The van der Waals surface area contributed by atoms with E-state index in [9.17, 15) is 4.79 Å². The number of rotatable bonds is 3. The second-order valence-electron chi connectivity index (χ2n) is 5.71. The summed E-state index contributed by atoms with van der Waals surface area (Å²) in [5.74, 6) is 0.856. The van der Waals surface area contributed by atoms with Crippen LogP contribution in [-0.4, -0.2) is 55.0 Å². The van der Waals surface area contributed by atoms with Crippen LogP contribution in [0.15, 0.2) is 18.2 Å². The zero-order valence-corrected chi connectivity index (χ0v) is 12.8. The van der Waals surface area contributed by atoms with Gasteiger partial charge in [-0.05, 0) is 51.1 Å². The van der Waals surface area contributed by atoms with Crippen molar-refractivity contribution in [3.8, 4) is 5.75 Å². The van der Waals surface area contributed by atoms with Crippen molar-refractivity contribution in [1.29, 1.82) is 0 Å². The number of carbonyl (C=O) groups is 1. The van der Waals surface area contributed by atoms with Crippen LogP contribution in [0.2, 0.25) is 0 Å². The van der Waals surface area contributed by atoms with E-state index < -0.39 is 6.10 Å². The van der Waals surface area contributed by atoms with E-state index in [4.69, 9.17) is 4.74 Å². The molecule has 0 saturated carbocycles. The molecule has 1 atom stereocenters. The Morgan fingerprint density at radius 1 is 1.10 bits per heavy atom. The van der Waals surface area contributed by atoms with E-state index in [0.717, 1.165) is 43.1 Å². The highest BCUT2D eigenvalue weighted by Crippen LogP contribution is 2.18. The van der Waals surface area contributed by atoms with Gasteiger partial charge in [0.1, 0.15) is 5.75 Å². The van der Waals surface area contributed by atoms with Gasteiger partial charge in [0.2, 0.25) is 0 Å². The van der Waals surface area contributed by atoms with Crippen molar-refractivity contribution < 1.29 is 9.53 Å². The fourth-order valence-corrected chi connectivity index (χ4v) is 2.54. The molecule has 1 fully saturated rings. The van der Waals surface area contributed by atoms with Gasteiger partial charge in [0, 0.05) is 26.2 Å². The van der Waals surface area contributed by atoms with E-state index in [1.165, 1.54) is 0 Å². The lowest BCUT2D eigenvalue weighted by Gasteiger charge is -2.33. The van der Waals surface area contributed by atoms with Gasteiger partial charge in [-0.2, -0.15) is 0 Å². The van der Waals surface area contributed by atoms with Gasteiger partial charge >= 0.3 is 0 Å². The summed E-state index contributed by atoms with van der Waals surface area (Å²) in [7, 11) is 2.08. The number of hydrogen-bond acceptors (Lipinski definition) is 3. The molecule has 1 unspecified atom stereocenters. The lowest BCUT2D eigenvalue weighted by molar-refractivity contribution is -0.139. The molecule has 0 radical (unpaired) electrons. The van der Waals surface area contributed by atoms with Crippen LogP contribution >= 0.6 is 0 Å². The topological polar surface area (TPSA) is 32.8 Å². The molecular weight excluding hydrogens is 252 g/mol.